The van der Waals surface area contributed by atoms with Gasteiger partial charge in [-0.05, 0) is 13.3 Å². The van der Waals surface area contributed by atoms with Gasteiger partial charge in [0.15, 0.2) is 23.3 Å². The average Bonchev–Trinajstić information content (AvgIpc) is 2.68. The molecule has 1 saturated heterocycles. The molecule has 0 aliphatic carbocycles. The molecule has 5 nitrogen and oxygen atoms in total. The third kappa shape index (κ3) is 3.59. The van der Waals surface area contributed by atoms with Crippen LogP contribution >= 0.6 is 0 Å². The van der Waals surface area contributed by atoms with E-state index in [2.05, 4.69) is 10.3 Å². The van der Waals surface area contributed by atoms with Crippen LogP contribution in [0.15, 0.2) is 6.07 Å². The number of nitrogens with zero attached hydrogens (tertiary/aromatic N) is 3. The molecule has 0 radical (unpaired) electrons. The highest BCUT2D eigenvalue weighted by molar-refractivity contribution is 5.73. The molecule has 116 valence electrons. The predicted molar refractivity (Wildman–Crippen MR) is 77.4 cm³/mol. The van der Waals surface area contributed by atoms with Crippen LogP contribution in [-0.4, -0.2) is 48.5 Å². The highest BCUT2D eigenvalue weighted by atomic mass is 19.1. The number of anilines is 2. The van der Waals surface area contributed by atoms with Crippen molar-refractivity contribution in [3.8, 4) is 0 Å². The third-order valence-electron chi connectivity index (χ3n) is 3.50. The van der Waals surface area contributed by atoms with E-state index >= 15 is 0 Å². The largest absolute Gasteiger partial charge is 0.368 e. The normalized spacial score (nSPS) is 15.8. The Kier molecular flexibility index (Phi) is 4.93. The molecule has 0 unspecified atom stereocenters. The van der Waals surface area contributed by atoms with Gasteiger partial charge in [-0.3, -0.25) is 4.79 Å². The fraction of sp³-hybridized carbons (Fsp3) is 0.571. The van der Waals surface area contributed by atoms with Crippen molar-refractivity contribution in [1.29, 1.82) is 0 Å². The molecule has 1 aliphatic rings. The Morgan fingerprint density at radius 3 is 2.71 bits per heavy atom. The van der Waals surface area contributed by atoms with E-state index in [-0.39, 0.29) is 17.5 Å². The van der Waals surface area contributed by atoms with E-state index in [9.17, 15) is 13.6 Å². The Hall–Kier alpha value is -1.92. The number of pyridine rings is 1. The van der Waals surface area contributed by atoms with Crippen molar-refractivity contribution in [2.75, 3.05) is 42.9 Å². The molecule has 0 atom stereocenters. The van der Waals surface area contributed by atoms with Gasteiger partial charge in [0.2, 0.25) is 5.91 Å². The van der Waals surface area contributed by atoms with Crippen LogP contribution < -0.4 is 10.2 Å². The van der Waals surface area contributed by atoms with Gasteiger partial charge in [0.25, 0.3) is 0 Å². The minimum atomic E-state index is -0.696. The highest BCUT2D eigenvalue weighted by Gasteiger charge is 2.21. The van der Waals surface area contributed by atoms with Crippen molar-refractivity contribution in [3.05, 3.63) is 17.7 Å². The van der Waals surface area contributed by atoms with E-state index < -0.39 is 11.6 Å². The molecule has 1 aromatic rings. The molecule has 1 aliphatic heterocycles. The lowest BCUT2D eigenvalue weighted by molar-refractivity contribution is -0.128. The molecular formula is C14H20F2N4O. The fourth-order valence-corrected chi connectivity index (χ4v) is 2.41. The van der Waals surface area contributed by atoms with Gasteiger partial charge in [-0.15, -0.1) is 0 Å². The van der Waals surface area contributed by atoms with Crippen molar-refractivity contribution in [3.63, 3.8) is 0 Å². The summed E-state index contributed by atoms with van der Waals surface area (Å²) in [5.41, 5.74) is 0. The van der Waals surface area contributed by atoms with Crippen molar-refractivity contribution >= 4 is 17.5 Å². The van der Waals surface area contributed by atoms with Crippen LogP contribution in [-0.2, 0) is 4.79 Å². The predicted octanol–water partition coefficient (Wildman–Crippen LogP) is 1.85. The number of amides is 1. The number of hydrogen-bond acceptors (Lipinski definition) is 4. The maximum absolute atomic E-state index is 14.0. The van der Waals surface area contributed by atoms with Crippen LogP contribution in [0.25, 0.3) is 0 Å². The van der Waals surface area contributed by atoms with Crippen molar-refractivity contribution in [2.45, 2.75) is 20.3 Å². The van der Waals surface area contributed by atoms with E-state index in [1.807, 2.05) is 6.92 Å². The van der Waals surface area contributed by atoms with Crippen LogP contribution in [0.5, 0.6) is 0 Å². The molecule has 1 N–H and O–H groups in total. The summed E-state index contributed by atoms with van der Waals surface area (Å²) in [5, 5.41) is 2.78. The molecule has 1 amide bonds. The van der Waals surface area contributed by atoms with E-state index in [1.54, 1.807) is 9.80 Å². The summed E-state index contributed by atoms with van der Waals surface area (Å²) in [6.45, 7) is 6.09. The molecule has 1 fully saturated rings. The second kappa shape index (κ2) is 6.69. The van der Waals surface area contributed by atoms with Crippen LogP contribution in [0.4, 0.5) is 20.4 Å². The number of halogens is 2. The lowest BCUT2D eigenvalue weighted by Gasteiger charge is -2.23. The number of carbonyl (C=O) groups excluding carboxylic acids is 1. The van der Waals surface area contributed by atoms with Gasteiger partial charge in [0.05, 0.1) is 0 Å². The topological polar surface area (TPSA) is 48.5 Å². The van der Waals surface area contributed by atoms with Gasteiger partial charge in [-0.1, -0.05) is 0 Å². The van der Waals surface area contributed by atoms with Gasteiger partial charge >= 0.3 is 0 Å². The number of rotatable bonds is 3. The third-order valence-corrected chi connectivity index (χ3v) is 3.50. The van der Waals surface area contributed by atoms with Crippen molar-refractivity contribution in [2.24, 2.45) is 0 Å². The zero-order valence-electron chi connectivity index (χ0n) is 12.3. The minimum Gasteiger partial charge on any atom is -0.368 e. The van der Waals surface area contributed by atoms with Crippen LogP contribution in [0, 0.1) is 11.6 Å². The lowest BCUT2D eigenvalue weighted by atomic mass is 10.3. The van der Waals surface area contributed by atoms with E-state index in [1.165, 1.54) is 6.92 Å². The maximum Gasteiger partial charge on any atom is 0.219 e. The molecular weight excluding hydrogens is 278 g/mol. The summed E-state index contributed by atoms with van der Waals surface area (Å²) in [5.74, 6) is -1.17. The van der Waals surface area contributed by atoms with Crippen LogP contribution in [0.3, 0.4) is 0 Å². The second-order valence-electron chi connectivity index (χ2n) is 5.00. The number of carbonyl (C=O) groups is 1. The van der Waals surface area contributed by atoms with E-state index in [0.29, 0.717) is 32.7 Å². The maximum atomic E-state index is 14.0. The Balaban J connectivity index is 2.21. The monoisotopic (exact) mass is 298 g/mol. The smallest absolute Gasteiger partial charge is 0.219 e. The summed E-state index contributed by atoms with van der Waals surface area (Å²) in [6.07, 6.45) is 0.731. The molecule has 2 heterocycles. The van der Waals surface area contributed by atoms with Crippen molar-refractivity contribution in [1.82, 2.24) is 9.88 Å². The zero-order valence-corrected chi connectivity index (χ0v) is 12.3. The number of nitrogens with one attached hydrogen (secondary N) is 1. The summed E-state index contributed by atoms with van der Waals surface area (Å²) in [4.78, 5) is 19.0. The molecule has 0 spiro atoms. The Morgan fingerprint density at radius 2 is 2.05 bits per heavy atom. The Bertz CT molecular complexity index is 524. The summed E-state index contributed by atoms with van der Waals surface area (Å²) < 4.78 is 27.6. The SMILES string of the molecule is CCNc1nc(N2CCCN(C(C)=O)CC2)c(F)cc1F. The average molecular weight is 298 g/mol. The molecule has 0 saturated carbocycles. The highest BCUT2D eigenvalue weighted by Crippen LogP contribution is 2.23. The number of hydrogen-bond donors (Lipinski definition) is 1. The summed E-state index contributed by atoms with van der Waals surface area (Å²) >= 11 is 0. The molecule has 0 bridgehead atoms. The minimum absolute atomic E-state index is 0.0118. The molecule has 7 heteroatoms. The second-order valence-corrected chi connectivity index (χ2v) is 5.00. The first-order valence-corrected chi connectivity index (χ1v) is 7.13. The standard InChI is InChI=1S/C14H20F2N4O/c1-3-17-13-11(15)9-12(16)14(18-13)20-6-4-5-19(7-8-20)10(2)21/h9H,3-8H2,1-2H3,(H,17,18). The molecule has 1 aromatic heterocycles. The summed E-state index contributed by atoms with van der Waals surface area (Å²) in [7, 11) is 0. The van der Waals surface area contributed by atoms with Gasteiger partial charge < -0.3 is 15.1 Å². The molecule has 21 heavy (non-hydrogen) atoms. The van der Waals surface area contributed by atoms with Crippen LogP contribution in [0.1, 0.15) is 20.3 Å². The Morgan fingerprint density at radius 1 is 1.29 bits per heavy atom. The van der Waals surface area contributed by atoms with Crippen LogP contribution in [0.2, 0.25) is 0 Å². The van der Waals surface area contributed by atoms with E-state index in [4.69, 9.17) is 0 Å². The molecule has 2 rings (SSSR count). The quantitative estimate of drug-likeness (QED) is 0.925. The van der Waals surface area contributed by atoms with E-state index in [0.717, 1.165) is 12.5 Å². The molecule has 0 aromatic carbocycles. The fourth-order valence-electron chi connectivity index (χ4n) is 2.41. The first kappa shape index (κ1) is 15.5. The Labute approximate surface area is 122 Å². The first-order valence-electron chi connectivity index (χ1n) is 7.13. The van der Waals surface area contributed by atoms with Gasteiger partial charge in [0.1, 0.15) is 0 Å². The first-order chi connectivity index (χ1) is 10.0. The van der Waals surface area contributed by atoms with Gasteiger partial charge in [-0.25, -0.2) is 13.8 Å². The lowest BCUT2D eigenvalue weighted by Crippen LogP contribution is -2.34. The van der Waals surface area contributed by atoms with Gasteiger partial charge in [-0.2, -0.15) is 0 Å². The zero-order chi connectivity index (χ0) is 15.4. The van der Waals surface area contributed by atoms with Crippen molar-refractivity contribution < 1.29 is 13.6 Å². The van der Waals surface area contributed by atoms with Gasteiger partial charge in [0, 0.05) is 45.7 Å². The summed E-state index contributed by atoms with van der Waals surface area (Å²) in [6, 6.07) is 0.855. The number of aromatic nitrogens is 1.